The topological polar surface area (TPSA) is 57.5 Å². The maximum atomic E-state index is 11.3. The van der Waals surface area contributed by atoms with E-state index in [1.54, 1.807) is 42.5 Å². The van der Waals surface area contributed by atoms with Crippen molar-refractivity contribution in [3.8, 4) is 5.75 Å². The Labute approximate surface area is 115 Å². The van der Waals surface area contributed by atoms with Crippen molar-refractivity contribution in [3.63, 3.8) is 0 Å². The number of aliphatic carboxylic acids is 1. The van der Waals surface area contributed by atoms with Gasteiger partial charge >= 0.3 is 5.97 Å². The summed E-state index contributed by atoms with van der Waals surface area (Å²) in [6.07, 6.45) is 1.56. The third-order valence-corrected chi connectivity index (χ3v) is 2.84. The lowest BCUT2D eigenvalue weighted by Gasteiger charge is -2.03. The fourth-order valence-corrected chi connectivity index (χ4v) is 1.76. The predicted molar refractivity (Wildman–Crippen MR) is 75.1 cm³/mol. The molecule has 0 heterocycles. The fraction of sp³-hybridized carbons (Fsp3) is 0. The first-order chi connectivity index (χ1) is 9.06. The van der Waals surface area contributed by atoms with Crippen molar-refractivity contribution in [1.82, 2.24) is 0 Å². The molecule has 19 heavy (non-hydrogen) atoms. The van der Waals surface area contributed by atoms with Crippen molar-refractivity contribution in [2.75, 3.05) is 0 Å². The van der Waals surface area contributed by atoms with Gasteiger partial charge in [-0.25, -0.2) is 4.79 Å². The van der Waals surface area contributed by atoms with Gasteiger partial charge in [0.2, 0.25) is 0 Å². The highest BCUT2D eigenvalue weighted by Gasteiger charge is 2.10. The Hall–Kier alpha value is -2.26. The average Bonchev–Trinajstić information content (AvgIpc) is 2.39. The molecule has 0 spiro atoms. The van der Waals surface area contributed by atoms with Crippen LogP contribution in [-0.4, -0.2) is 16.2 Å². The van der Waals surface area contributed by atoms with E-state index in [2.05, 4.69) is 0 Å². The second-order valence-electron chi connectivity index (χ2n) is 3.96. The van der Waals surface area contributed by atoms with E-state index >= 15 is 0 Å². The number of carboxylic acids is 1. The summed E-state index contributed by atoms with van der Waals surface area (Å²) in [4.78, 5) is 11.3. The molecule has 0 aliphatic heterocycles. The van der Waals surface area contributed by atoms with Crippen LogP contribution in [0.5, 0.6) is 5.75 Å². The number of phenols is 1. The number of aromatic hydroxyl groups is 1. The molecule has 0 saturated carbocycles. The summed E-state index contributed by atoms with van der Waals surface area (Å²) in [5.74, 6) is -0.930. The maximum absolute atomic E-state index is 11.3. The Morgan fingerprint density at radius 1 is 1.00 bits per heavy atom. The molecule has 0 bridgehead atoms. The molecular weight excluding hydrogens is 264 g/mol. The van der Waals surface area contributed by atoms with Crippen molar-refractivity contribution >= 4 is 29.2 Å². The molecule has 0 fully saturated rings. The molecule has 2 aromatic carbocycles. The van der Waals surface area contributed by atoms with E-state index in [0.717, 1.165) is 5.56 Å². The van der Waals surface area contributed by atoms with Gasteiger partial charge in [0.05, 0.1) is 5.57 Å². The lowest BCUT2D eigenvalue weighted by atomic mass is 10.0. The zero-order chi connectivity index (χ0) is 13.8. The first-order valence-electron chi connectivity index (χ1n) is 5.56. The van der Waals surface area contributed by atoms with Gasteiger partial charge in [0, 0.05) is 5.02 Å². The molecule has 2 rings (SSSR count). The third-order valence-electron chi connectivity index (χ3n) is 2.59. The number of hydrogen-bond acceptors (Lipinski definition) is 2. The minimum Gasteiger partial charge on any atom is -0.508 e. The molecule has 2 aromatic rings. The highest BCUT2D eigenvalue weighted by Crippen LogP contribution is 2.21. The largest absolute Gasteiger partial charge is 0.508 e. The molecule has 0 atom stereocenters. The zero-order valence-electron chi connectivity index (χ0n) is 9.88. The van der Waals surface area contributed by atoms with E-state index in [-0.39, 0.29) is 11.3 Å². The van der Waals surface area contributed by atoms with E-state index in [1.807, 2.05) is 0 Å². The van der Waals surface area contributed by atoms with Gasteiger partial charge in [0.1, 0.15) is 5.75 Å². The zero-order valence-corrected chi connectivity index (χ0v) is 10.6. The van der Waals surface area contributed by atoms with Gasteiger partial charge in [-0.1, -0.05) is 35.9 Å². The minimum absolute atomic E-state index is 0.0972. The Morgan fingerprint density at radius 2 is 1.58 bits per heavy atom. The molecule has 4 heteroatoms. The Morgan fingerprint density at radius 3 is 2.11 bits per heavy atom. The van der Waals surface area contributed by atoms with E-state index in [0.29, 0.717) is 10.6 Å². The van der Waals surface area contributed by atoms with Crippen LogP contribution in [0.25, 0.3) is 11.6 Å². The van der Waals surface area contributed by atoms with Crippen LogP contribution < -0.4 is 0 Å². The maximum Gasteiger partial charge on any atom is 0.336 e. The normalized spacial score (nSPS) is 11.3. The molecule has 0 aliphatic carbocycles. The number of hydrogen-bond donors (Lipinski definition) is 2. The molecule has 0 saturated heterocycles. The summed E-state index contributed by atoms with van der Waals surface area (Å²) in [7, 11) is 0. The molecule has 0 aliphatic rings. The SMILES string of the molecule is O=C(O)C(=Cc1ccc(Cl)cc1)c1ccc(O)cc1. The number of phenolic OH excluding ortho intramolecular Hbond substituents is 1. The Bertz CT molecular complexity index is 613. The molecule has 96 valence electrons. The van der Waals surface area contributed by atoms with Gasteiger partial charge in [0.15, 0.2) is 0 Å². The molecule has 0 radical (unpaired) electrons. The number of carbonyl (C=O) groups is 1. The lowest BCUT2D eigenvalue weighted by molar-refractivity contribution is -0.130. The summed E-state index contributed by atoms with van der Waals surface area (Å²) < 4.78 is 0. The van der Waals surface area contributed by atoms with Crippen LogP contribution in [0, 0.1) is 0 Å². The van der Waals surface area contributed by atoms with Crippen LogP contribution >= 0.6 is 11.6 Å². The van der Waals surface area contributed by atoms with Crippen molar-refractivity contribution in [1.29, 1.82) is 0 Å². The van der Waals surface area contributed by atoms with Crippen LogP contribution in [-0.2, 0) is 4.79 Å². The second kappa shape index (κ2) is 5.59. The van der Waals surface area contributed by atoms with Gasteiger partial charge in [-0.2, -0.15) is 0 Å². The summed E-state index contributed by atoms with van der Waals surface area (Å²) >= 11 is 5.78. The monoisotopic (exact) mass is 274 g/mol. The number of carboxylic acid groups (broad SMARTS) is 1. The Kier molecular flexibility index (Phi) is 3.88. The molecule has 0 amide bonds. The summed E-state index contributed by atoms with van der Waals surface area (Å²) in [5.41, 5.74) is 1.43. The average molecular weight is 275 g/mol. The van der Waals surface area contributed by atoms with E-state index in [1.165, 1.54) is 12.1 Å². The van der Waals surface area contributed by atoms with Crippen LogP contribution in [0.1, 0.15) is 11.1 Å². The van der Waals surface area contributed by atoms with Crippen LogP contribution in [0.4, 0.5) is 0 Å². The van der Waals surface area contributed by atoms with E-state index in [4.69, 9.17) is 11.6 Å². The number of benzene rings is 2. The molecule has 2 N–H and O–H groups in total. The summed E-state index contributed by atoms with van der Waals surface area (Å²) in [6.45, 7) is 0. The van der Waals surface area contributed by atoms with Crippen molar-refractivity contribution < 1.29 is 15.0 Å². The first-order valence-corrected chi connectivity index (χ1v) is 5.94. The number of halogens is 1. The van der Waals surface area contributed by atoms with Gasteiger partial charge < -0.3 is 10.2 Å². The summed E-state index contributed by atoms with van der Waals surface area (Å²) in [6, 6.07) is 12.9. The lowest BCUT2D eigenvalue weighted by Crippen LogP contribution is -1.99. The number of rotatable bonds is 3. The quantitative estimate of drug-likeness (QED) is 0.663. The van der Waals surface area contributed by atoms with Crippen molar-refractivity contribution in [2.24, 2.45) is 0 Å². The summed E-state index contributed by atoms with van der Waals surface area (Å²) in [5, 5.41) is 19.1. The van der Waals surface area contributed by atoms with Gasteiger partial charge in [-0.3, -0.25) is 0 Å². The van der Waals surface area contributed by atoms with Gasteiger partial charge in [0.25, 0.3) is 0 Å². The fourth-order valence-electron chi connectivity index (χ4n) is 1.64. The van der Waals surface area contributed by atoms with Crippen LogP contribution in [0.2, 0.25) is 5.02 Å². The van der Waals surface area contributed by atoms with Gasteiger partial charge in [-0.05, 0) is 41.5 Å². The Balaban J connectivity index is 2.43. The predicted octanol–water partition coefficient (Wildman–Crippen LogP) is 3.67. The smallest absolute Gasteiger partial charge is 0.336 e. The third kappa shape index (κ3) is 3.36. The van der Waals surface area contributed by atoms with Crippen LogP contribution in [0.3, 0.4) is 0 Å². The molecular formula is C15H11ClO3. The standard InChI is InChI=1S/C15H11ClO3/c16-12-5-1-10(2-6-12)9-14(15(18)19)11-3-7-13(17)8-4-11/h1-9,17H,(H,18,19). The highest BCUT2D eigenvalue weighted by atomic mass is 35.5. The molecule has 3 nitrogen and oxygen atoms in total. The second-order valence-corrected chi connectivity index (χ2v) is 4.40. The van der Waals surface area contributed by atoms with Crippen LogP contribution in [0.15, 0.2) is 48.5 Å². The minimum atomic E-state index is -1.03. The van der Waals surface area contributed by atoms with Crippen molar-refractivity contribution in [2.45, 2.75) is 0 Å². The van der Waals surface area contributed by atoms with Gasteiger partial charge in [-0.15, -0.1) is 0 Å². The molecule has 0 unspecified atom stereocenters. The van der Waals surface area contributed by atoms with E-state index < -0.39 is 5.97 Å². The van der Waals surface area contributed by atoms with Crippen molar-refractivity contribution in [3.05, 3.63) is 64.7 Å². The molecule has 0 aromatic heterocycles. The highest BCUT2D eigenvalue weighted by molar-refractivity contribution is 6.30. The first kappa shape index (κ1) is 13.2. The van der Waals surface area contributed by atoms with E-state index in [9.17, 15) is 15.0 Å².